The molecule has 3 atom stereocenters. The Hall–Kier alpha value is -4.29. The lowest BCUT2D eigenvalue weighted by Gasteiger charge is -2.39. The number of carbonyl (C=O) groups is 2. The molecule has 0 aliphatic carbocycles. The van der Waals surface area contributed by atoms with Crippen molar-refractivity contribution >= 4 is 12.0 Å². The molecule has 0 radical (unpaired) electrons. The Morgan fingerprint density at radius 1 is 1.00 bits per heavy atom. The molecule has 2 bridgehead atoms. The predicted octanol–water partition coefficient (Wildman–Crippen LogP) is 5.76. The Morgan fingerprint density at radius 2 is 1.73 bits per heavy atom. The highest BCUT2D eigenvalue weighted by molar-refractivity contribution is 5.98. The monoisotopic (exact) mass is 545 g/mol. The summed E-state index contributed by atoms with van der Waals surface area (Å²) in [7, 11) is 1.58. The number of hydrogen-bond donors (Lipinski definition) is 2. The number of nitrogens with one attached hydrogen (secondary N) is 1. The number of benzene rings is 3. The quantitative estimate of drug-likeness (QED) is 0.393. The number of nitrogens with zero attached hydrogens (tertiary/aromatic N) is 2. The number of halogens is 2. The number of carboxylic acid groups (broad SMARTS) is 1. The minimum atomic E-state index is -1.07. The van der Waals surface area contributed by atoms with Gasteiger partial charge in [-0.15, -0.1) is 0 Å². The second-order valence-electron chi connectivity index (χ2n) is 10.3. The summed E-state index contributed by atoms with van der Waals surface area (Å²) >= 11 is 0. The summed E-state index contributed by atoms with van der Waals surface area (Å²) in [5, 5.41) is 20.9. The molecule has 2 aliphatic rings. The van der Waals surface area contributed by atoms with Gasteiger partial charge < -0.3 is 20.1 Å². The lowest BCUT2D eigenvalue weighted by Crippen LogP contribution is -2.52. The van der Waals surface area contributed by atoms with E-state index in [0.29, 0.717) is 53.7 Å². The zero-order valence-electron chi connectivity index (χ0n) is 22.0. The van der Waals surface area contributed by atoms with Gasteiger partial charge in [0.2, 0.25) is 0 Å². The van der Waals surface area contributed by atoms with Crippen LogP contribution in [0.4, 0.5) is 13.6 Å². The number of nitriles is 1. The molecular weight excluding hydrogens is 516 g/mol. The number of methoxy groups -OCH3 is 1. The zero-order chi connectivity index (χ0) is 28.4. The van der Waals surface area contributed by atoms with E-state index in [-0.39, 0.29) is 29.6 Å². The van der Waals surface area contributed by atoms with Crippen LogP contribution in [0.1, 0.15) is 47.2 Å². The van der Waals surface area contributed by atoms with Gasteiger partial charge in [0.25, 0.3) is 5.91 Å². The molecule has 2 heterocycles. The van der Waals surface area contributed by atoms with Crippen LogP contribution in [0.5, 0.6) is 0 Å². The lowest BCUT2D eigenvalue weighted by molar-refractivity contribution is 0.0557. The smallest absolute Gasteiger partial charge is 0.404 e. The van der Waals surface area contributed by atoms with Gasteiger partial charge in [-0.05, 0) is 84.7 Å². The normalized spacial score (nSPS) is 19.8. The molecule has 2 fully saturated rings. The minimum absolute atomic E-state index is 0.0873. The molecular formula is C31H29F2N3O4. The summed E-state index contributed by atoms with van der Waals surface area (Å²) < 4.78 is 35.1. The van der Waals surface area contributed by atoms with E-state index >= 15 is 4.39 Å². The first-order valence-electron chi connectivity index (χ1n) is 13.2. The van der Waals surface area contributed by atoms with E-state index < -0.39 is 17.7 Å². The topological polar surface area (TPSA) is 103 Å². The van der Waals surface area contributed by atoms with E-state index in [1.54, 1.807) is 37.4 Å². The number of ether oxygens (including phenoxy) is 1. The average molecular weight is 546 g/mol. The van der Waals surface area contributed by atoms with Gasteiger partial charge in [0, 0.05) is 36.4 Å². The van der Waals surface area contributed by atoms with Crippen molar-refractivity contribution in [2.75, 3.05) is 13.7 Å². The third-order valence-corrected chi connectivity index (χ3v) is 7.88. The number of fused-ring (bicyclic) bond motifs is 2. The maximum Gasteiger partial charge on any atom is 0.404 e. The average Bonchev–Trinajstić information content (AvgIpc) is 3.20. The van der Waals surface area contributed by atoms with Crippen LogP contribution in [0.2, 0.25) is 0 Å². The van der Waals surface area contributed by atoms with E-state index in [2.05, 4.69) is 5.32 Å². The Bertz CT molecular complexity index is 1490. The molecule has 40 heavy (non-hydrogen) atoms. The molecule has 2 N–H and O–H groups in total. The summed E-state index contributed by atoms with van der Waals surface area (Å²) in [5.41, 5.74) is 2.72. The van der Waals surface area contributed by atoms with Crippen molar-refractivity contribution in [3.63, 3.8) is 0 Å². The van der Waals surface area contributed by atoms with E-state index in [4.69, 9.17) is 9.84 Å². The highest BCUT2D eigenvalue weighted by atomic mass is 19.1. The van der Waals surface area contributed by atoms with Crippen molar-refractivity contribution in [2.24, 2.45) is 0 Å². The van der Waals surface area contributed by atoms with E-state index in [9.17, 15) is 19.2 Å². The van der Waals surface area contributed by atoms with Gasteiger partial charge >= 0.3 is 6.09 Å². The fraction of sp³-hybridized carbons (Fsp3) is 0.323. The first-order chi connectivity index (χ1) is 19.3. The Morgan fingerprint density at radius 3 is 2.35 bits per heavy atom. The van der Waals surface area contributed by atoms with Crippen molar-refractivity contribution in [1.29, 1.82) is 5.26 Å². The maximum atomic E-state index is 15.4. The van der Waals surface area contributed by atoms with Crippen LogP contribution in [0.3, 0.4) is 0 Å². The van der Waals surface area contributed by atoms with Gasteiger partial charge in [-0.25, -0.2) is 13.6 Å². The molecule has 7 nitrogen and oxygen atoms in total. The van der Waals surface area contributed by atoms with Gasteiger partial charge in [0.05, 0.1) is 12.2 Å². The van der Waals surface area contributed by atoms with Gasteiger partial charge in [0.15, 0.2) is 0 Å². The van der Waals surface area contributed by atoms with Crippen LogP contribution in [0.25, 0.3) is 22.3 Å². The molecule has 0 unspecified atom stereocenters. The lowest BCUT2D eigenvalue weighted by atomic mass is 9.90. The number of hydrogen-bond acceptors (Lipinski definition) is 4. The Kier molecular flexibility index (Phi) is 7.81. The SMILES string of the molecule is COCCc1ccc(-c2ccc(C(=O)N3[C@@H]4CC[C@H]3C[C@H](NC(=O)O)C4)cc2-c2ccc(C#N)c(F)c2)c(F)c1. The molecule has 2 amide bonds. The highest BCUT2D eigenvalue weighted by Crippen LogP contribution is 2.39. The van der Waals surface area contributed by atoms with Crippen molar-refractivity contribution < 1.29 is 28.2 Å². The maximum absolute atomic E-state index is 15.4. The van der Waals surface area contributed by atoms with Crippen LogP contribution >= 0.6 is 0 Å². The molecule has 3 aromatic rings. The molecule has 0 saturated carbocycles. The fourth-order valence-electron chi connectivity index (χ4n) is 6.03. The highest BCUT2D eigenvalue weighted by Gasteiger charge is 2.44. The fourth-order valence-corrected chi connectivity index (χ4v) is 6.03. The first kappa shape index (κ1) is 27.3. The zero-order valence-corrected chi connectivity index (χ0v) is 22.0. The molecule has 206 valence electrons. The van der Waals surface area contributed by atoms with Gasteiger partial charge in [-0.3, -0.25) is 4.79 Å². The molecule has 2 aliphatic heterocycles. The first-order valence-corrected chi connectivity index (χ1v) is 13.2. The minimum Gasteiger partial charge on any atom is -0.465 e. The summed E-state index contributed by atoms with van der Waals surface area (Å²) in [6.07, 6.45) is 2.15. The Balaban J connectivity index is 1.53. The van der Waals surface area contributed by atoms with Gasteiger partial charge in [0.1, 0.15) is 17.7 Å². The van der Waals surface area contributed by atoms with E-state index in [1.165, 1.54) is 18.2 Å². The van der Waals surface area contributed by atoms with Crippen molar-refractivity contribution in [1.82, 2.24) is 10.2 Å². The van der Waals surface area contributed by atoms with Crippen LogP contribution < -0.4 is 5.32 Å². The van der Waals surface area contributed by atoms with E-state index in [1.807, 2.05) is 17.0 Å². The second-order valence-corrected chi connectivity index (χ2v) is 10.3. The van der Waals surface area contributed by atoms with Crippen molar-refractivity contribution in [3.8, 4) is 28.3 Å². The molecule has 9 heteroatoms. The number of rotatable bonds is 7. The second kappa shape index (κ2) is 11.4. The Labute approximate surface area is 231 Å². The molecule has 0 aromatic heterocycles. The molecule has 2 saturated heterocycles. The van der Waals surface area contributed by atoms with Crippen LogP contribution in [-0.4, -0.2) is 53.8 Å². The third kappa shape index (κ3) is 5.40. The number of amides is 2. The van der Waals surface area contributed by atoms with E-state index in [0.717, 1.165) is 18.4 Å². The third-order valence-electron chi connectivity index (χ3n) is 7.88. The molecule has 5 rings (SSSR count). The number of carbonyl (C=O) groups excluding carboxylic acids is 1. The summed E-state index contributed by atoms with van der Waals surface area (Å²) in [4.78, 5) is 26.8. The predicted molar refractivity (Wildman–Crippen MR) is 145 cm³/mol. The summed E-state index contributed by atoms with van der Waals surface area (Å²) in [6, 6.07) is 15.5. The standard InChI is InChI=1S/C31H29F2N3O4/c1-40-11-10-18-2-8-26(29(33)12-18)25-9-5-20(13-27(25)19-3-4-21(17-34)28(32)14-19)30(37)36-23-6-7-24(36)16-22(15-23)35-31(38)39/h2-5,8-9,12-14,22-24,35H,6-7,10-11,15-16H2,1H3,(H,38,39)/t22-,23-,24+. The molecule has 0 spiro atoms. The van der Waals surface area contributed by atoms with Crippen molar-refractivity contribution in [3.05, 3.63) is 82.9 Å². The van der Waals surface area contributed by atoms with Crippen LogP contribution in [0.15, 0.2) is 54.6 Å². The van der Waals surface area contributed by atoms with Gasteiger partial charge in [-0.1, -0.05) is 24.3 Å². The van der Waals surface area contributed by atoms with Gasteiger partial charge in [-0.2, -0.15) is 5.26 Å². The summed E-state index contributed by atoms with van der Waals surface area (Å²) in [6.45, 7) is 0.455. The largest absolute Gasteiger partial charge is 0.465 e. The summed E-state index contributed by atoms with van der Waals surface area (Å²) in [5.74, 6) is -1.35. The van der Waals surface area contributed by atoms with Crippen LogP contribution in [-0.2, 0) is 11.2 Å². The number of piperidine rings is 1. The van der Waals surface area contributed by atoms with Crippen molar-refractivity contribution in [2.45, 2.75) is 50.2 Å². The molecule has 3 aromatic carbocycles. The van der Waals surface area contributed by atoms with Crippen LogP contribution in [0, 0.1) is 23.0 Å².